The average Bonchev–Trinajstić information content (AvgIpc) is 3.21. The maximum Gasteiger partial charge on any atom is 0.401 e. The van der Waals surface area contributed by atoms with Gasteiger partial charge in [-0.25, -0.2) is 9.98 Å². The van der Waals surface area contributed by atoms with E-state index in [0.717, 1.165) is 48.1 Å². The highest BCUT2D eigenvalue weighted by atomic mass is 19.4. The van der Waals surface area contributed by atoms with E-state index in [4.69, 9.17) is 5.73 Å². The van der Waals surface area contributed by atoms with Crippen molar-refractivity contribution in [2.45, 2.75) is 50.6 Å². The molecule has 170 valence electrons. The summed E-state index contributed by atoms with van der Waals surface area (Å²) in [6.45, 7) is -0.0112. The van der Waals surface area contributed by atoms with Gasteiger partial charge in [0.1, 0.15) is 5.82 Å². The maximum atomic E-state index is 12.7. The Kier molecular flexibility index (Phi) is 6.60. The van der Waals surface area contributed by atoms with Crippen molar-refractivity contribution in [1.82, 2.24) is 9.88 Å². The van der Waals surface area contributed by atoms with Gasteiger partial charge < -0.3 is 5.73 Å². The Balaban J connectivity index is 1.47. The summed E-state index contributed by atoms with van der Waals surface area (Å²) in [5.41, 5.74) is 9.80. The lowest BCUT2D eigenvalue weighted by Gasteiger charge is -2.18. The van der Waals surface area contributed by atoms with Crippen LogP contribution in [0, 0.1) is 0 Å². The van der Waals surface area contributed by atoms with Crippen LogP contribution in [-0.4, -0.2) is 47.3 Å². The number of nitrogens with two attached hydrogens (primary N) is 1. The van der Waals surface area contributed by atoms with Gasteiger partial charge in [0.05, 0.1) is 12.1 Å². The van der Waals surface area contributed by atoms with E-state index in [9.17, 15) is 18.0 Å². The van der Waals surface area contributed by atoms with Crippen LogP contribution in [0.2, 0.25) is 0 Å². The number of nitrogens with zero attached hydrogens (tertiary/aromatic N) is 3. The van der Waals surface area contributed by atoms with E-state index in [1.807, 2.05) is 24.3 Å². The molecule has 1 saturated heterocycles. The van der Waals surface area contributed by atoms with E-state index >= 15 is 0 Å². The Morgan fingerprint density at radius 3 is 2.53 bits per heavy atom. The van der Waals surface area contributed by atoms with E-state index in [2.05, 4.69) is 9.98 Å². The summed E-state index contributed by atoms with van der Waals surface area (Å²) in [7, 11) is 0. The number of rotatable bonds is 4. The van der Waals surface area contributed by atoms with E-state index < -0.39 is 12.7 Å². The molecule has 2 aliphatic rings. The topological polar surface area (TPSA) is 71.6 Å². The quantitative estimate of drug-likeness (QED) is 0.701. The van der Waals surface area contributed by atoms with Crippen molar-refractivity contribution in [1.29, 1.82) is 0 Å². The number of pyridine rings is 1. The Hall–Kier alpha value is -2.74. The van der Waals surface area contributed by atoms with Gasteiger partial charge in [-0.05, 0) is 61.8 Å². The summed E-state index contributed by atoms with van der Waals surface area (Å²) in [6.07, 6.45) is 3.14. The molecular formula is C24H27F3N4O. The smallest absolute Gasteiger partial charge is 0.383 e. The van der Waals surface area contributed by atoms with Gasteiger partial charge >= 0.3 is 6.18 Å². The molecule has 0 radical (unpaired) electrons. The third kappa shape index (κ3) is 5.54. The number of aliphatic imine (C=N–C) groups is 1. The first-order valence-corrected chi connectivity index (χ1v) is 11.0. The van der Waals surface area contributed by atoms with Crippen molar-refractivity contribution in [3.63, 3.8) is 0 Å². The van der Waals surface area contributed by atoms with Crippen LogP contribution in [0.5, 0.6) is 0 Å². The third-order valence-electron chi connectivity index (χ3n) is 6.23. The van der Waals surface area contributed by atoms with Crippen molar-refractivity contribution >= 4 is 17.4 Å². The first kappa shape index (κ1) is 22.5. The van der Waals surface area contributed by atoms with Crippen LogP contribution in [0.25, 0.3) is 11.1 Å². The van der Waals surface area contributed by atoms with Crippen LogP contribution >= 0.6 is 0 Å². The summed E-state index contributed by atoms with van der Waals surface area (Å²) in [5.74, 6) is -0.119. The number of anilines is 1. The van der Waals surface area contributed by atoms with Crippen molar-refractivity contribution < 1.29 is 18.0 Å². The summed E-state index contributed by atoms with van der Waals surface area (Å²) in [6, 6.07) is 9.42. The minimum atomic E-state index is -4.17. The zero-order chi connectivity index (χ0) is 22.7. The number of halogens is 3. The van der Waals surface area contributed by atoms with Gasteiger partial charge in [-0.3, -0.25) is 9.69 Å². The van der Waals surface area contributed by atoms with Gasteiger partial charge in [0.15, 0.2) is 0 Å². The lowest BCUT2D eigenvalue weighted by molar-refractivity contribution is -0.143. The molecule has 0 spiro atoms. The molecule has 2 aromatic rings. The van der Waals surface area contributed by atoms with Crippen LogP contribution < -0.4 is 5.73 Å². The molecule has 1 unspecified atom stereocenters. The van der Waals surface area contributed by atoms with E-state index in [0.29, 0.717) is 25.1 Å². The predicted octanol–water partition coefficient (Wildman–Crippen LogP) is 5.23. The molecule has 2 fully saturated rings. The monoisotopic (exact) mass is 444 g/mol. The van der Waals surface area contributed by atoms with E-state index in [-0.39, 0.29) is 17.6 Å². The largest absolute Gasteiger partial charge is 0.401 e. The second-order valence-electron chi connectivity index (χ2n) is 8.66. The lowest BCUT2D eigenvalue weighted by Crippen LogP contribution is -2.32. The van der Waals surface area contributed by atoms with Crippen LogP contribution in [0.4, 0.5) is 19.0 Å². The fraction of sp³-hybridized carbons (Fsp3) is 0.458. The average molecular weight is 445 g/mol. The Labute approximate surface area is 185 Å². The number of aromatic nitrogens is 1. The highest BCUT2D eigenvalue weighted by Crippen LogP contribution is 2.31. The third-order valence-corrected chi connectivity index (χ3v) is 6.23. The normalized spacial score (nSPS) is 19.8. The summed E-state index contributed by atoms with van der Waals surface area (Å²) in [5, 5.41) is 0. The fourth-order valence-corrected chi connectivity index (χ4v) is 4.53. The molecule has 5 nitrogen and oxygen atoms in total. The number of hydrogen-bond donors (Lipinski definition) is 1. The molecular weight excluding hydrogens is 417 g/mol. The Morgan fingerprint density at radius 2 is 1.84 bits per heavy atom. The highest BCUT2D eigenvalue weighted by Gasteiger charge is 2.34. The number of benzene rings is 1. The second kappa shape index (κ2) is 9.40. The number of alkyl halides is 3. The van der Waals surface area contributed by atoms with E-state index in [1.165, 1.54) is 11.3 Å². The molecule has 1 aromatic carbocycles. The molecule has 32 heavy (non-hydrogen) atoms. The molecule has 1 aliphatic carbocycles. The summed E-state index contributed by atoms with van der Waals surface area (Å²) < 4.78 is 37.9. The van der Waals surface area contributed by atoms with Crippen LogP contribution in [0.15, 0.2) is 41.5 Å². The van der Waals surface area contributed by atoms with Crippen LogP contribution in [-0.2, 0) is 0 Å². The molecule has 8 heteroatoms. The minimum Gasteiger partial charge on any atom is -0.383 e. The van der Waals surface area contributed by atoms with Gasteiger partial charge in [0.2, 0.25) is 0 Å². The molecule has 0 bridgehead atoms. The van der Waals surface area contributed by atoms with Gasteiger partial charge in [0.25, 0.3) is 5.91 Å². The Morgan fingerprint density at radius 1 is 1.12 bits per heavy atom. The van der Waals surface area contributed by atoms with Crippen molar-refractivity contribution in [3.8, 4) is 11.1 Å². The first-order valence-electron chi connectivity index (χ1n) is 11.0. The predicted molar refractivity (Wildman–Crippen MR) is 119 cm³/mol. The molecule has 1 saturated carbocycles. The van der Waals surface area contributed by atoms with Crippen molar-refractivity contribution in [2.24, 2.45) is 4.99 Å². The standard InChI is InChI=1S/C24H27F3N4O/c25-24(26,27)15-31-11-10-18(14-31)16-6-8-17(9-7-16)19-12-21(22(28)29-13-19)23(32)30-20-4-2-1-3-5-20/h6-9,12-13,18H,1-5,10-11,14-15H2,(H2,28,29). The zero-order valence-corrected chi connectivity index (χ0v) is 17.9. The minimum absolute atomic E-state index is 0.0828. The zero-order valence-electron chi connectivity index (χ0n) is 17.9. The SMILES string of the molecule is Nc1ncc(-c2ccc(C3CCN(CC(F)(F)F)C3)cc2)cc1C(=O)N=C1CCCCC1. The van der Waals surface area contributed by atoms with E-state index in [1.54, 1.807) is 12.3 Å². The first-order chi connectivity index (χ1) is 15.3. The summed E-state index contributed by atoms with van der Waals surface area (Å²) in [4.78, 5) is 22.6. The lowest BCUT2D eigenvalue weighted by atomic mass is 9.95. The van der Waals surface area contributed by atoms with Crippen molar-refractivity contribution in [3.05, 3.63) is 47.7 Å². The molecule has 4 rings (SSSR count). The van der Waals surface area contributed by atoms with Crippen LogP contribution in [0.1, 0.15) is 60.4 Å². The summed E-state index contributed by atoms with van der Waals surface area (Å²) >= 11 is 0. The number of hydrogen-bond acceptors (Lipinski definition) is 4. The number of likely N-dealkylation sites (tertiary alicyclic amines) is 1. The molecule has 1 atom stereocenters. The van der Waals surface area contributed by atoms with Crippen LogP contribution in [0.3, 0.4) is 0 Å². The number of nitrogen functional groups attached to an aromatic ring is 1. The fourth-order valence-electron chi connectivity index (χ4n) is 4.53. The second-order valence-corrected chi connectivity index (χ2v) is 8.66. The molecule has 1 amide bonds. The van der Waals surface area contributed by atoms with Gasteiger partial charge in [-0.2, -0.15) is 13.2 Å². The molecule has 2 heterocycles. The molecule has 2 N–H and O–H groups in total. The van der Waals surface area contributed by atoms with Gasteiger partial charge in [-0.15, -0.1) is 0 Å². The molecule has 1 aliphatic heterocycles. The number of carbonyl (C=O) groups excluding carboxylic acids is 1. The van der Waals surface area contributed by atoms with Gasteiger partial charge in [0, 0.05) is 24.0 Å². The number of carbonyl (C=O) groups is 1. The maximum absolute atomic E-state index is 12.7. The highest BCUT2D eigenvalue weighted by molar-refractivity contribution is 6.06. The van der Waals surface area contributed by atoms with Gasteiger partial charge in [-0.1, -0.05) is 30.7 Å². The molecule has 1 aromatic heterocycles. The van der Waals surface area contributed by atoms with Crippen molar-refractivity contribution in [2.75, 3.05) is 25.4 Å². The number of amides is 1. The Bertz CT molecular complexity index is 993.